The Morgan fingerprint density at radius 1 is 1.50 bits per heavy atom. The van der Waals surface area contributed by atoms with E-state index < -0.39 is 0 Å². The summed E-state index contributed by atoms with van der Waals surface area (Å²) in [5.41, 5.74) is 7.46. The van der Waals surface area contributed by atoms with E-state index in [9.17, 15) is 5.11 Å². The van der Waals surface area contributed by atoms with Crippen LogP contribution in [0.3, 0.4) is 0 Å². The van der Waals surface area contributed by atoms with Crippen molar-refractivity contribution >= 4 is 17.3 Å². The van der Waals surface area contributed by atoms with Crippen LogP contribution in [0.4, 0.5) is 5.69 Å². The van der Waals surface area contributed by atoms with E-state index in [0.717, 1.165) is 35.8 Å². The van der Waals surface area contributed by atoms with E-state index in [2.05, 4.69) is 4.90 Å². The lowest BCUT2D eigenvalue weighted by Crippen LogP contribution is -2.22. The van der Waals surface area contributed by atoms with E-state index in [1.54, 1.807) is 13.0 Å². The van der Waals surface area contributed by atoms with Gasteiger partial charge in [0.25, 0.3) is 0 Å². The third kappa shape index (κ3) is 4.39. The number of aliphatic hydroxyl groups is 1. The molecule has 0 saturated heterocycles. The minimum absolute atomic E-state index is 0.265. The molecule has 4 heteroatoms. The molecule has 1 aromatic carbocycles. The number of halogens is 1. The van der Waals surface area contributed by atoms with Crippen molar-refractivity contribution in [1.29, 1.82) is 0 Å². The number of aliphatic hydroxyl groups excluding tert-OH is 1. The maximum Gasteiger partial charge on any atom is 0.0524 e. The highest BCUT2D eigenvalue weighted by Crippen LogP contribution is 2.20. The monoisotopic (exact) mass is 242 g/mol. The summed E-state index contributed by atoms with van der Waals surface area (Å²) in [4.78, 5) is 2.12. The molecule has 1 unspecified atom stereocenters. The Labute approximate surface area is 102 Å². The maximum absolute atomic E-state index is 9.19. The highest BCUT2D eigenvalue weighted by molar-refractivity contribution is 6.31. The molecular weight excluding hydrogens is 224 g/mol. The standard InChI is InChI=1S/C12H19ClN2O/c1-9(16)5-6-15(2)8-10-7-11(14)3-4-12(10)13/h3-4,7,9,16H,5-6,8,14H2,1-2H3. The van der Waals surface area contributed by atoms with Crippen LogP contribution in [0.1, 0.15) is 18.9 Å². The first-order valence-electron chi connectivity index (χ1n) is 5.39. The Balaban J connectivity index is 2.55. The van der Waals surface area contributed by atoms with Gasteiger partial charge < -0.3 is 15.7 Å². The SMILES string of the molecule is CC(O)CCN(C)Cc1cc(N)ccc1Cl. The smallest absolute Gasteiger partial charge is 0.0524 e. The van der Waals surface area contributed by atoms with Gasteiger partial charge in [0.15, 0.2) is 0 Å². The molecule has 0 fully saturated rings. The van der Waals surface area contributed by atoms with Crippen LogP contribution < -0.4 is 5.73 Å². The van der Waals surface area contributed by atoms with E-state index >= 15 is 0 Å². The van der Waals surface area contributed by atoms with Crippen LogP contribution in [0.15, 0.2) is 18.2 Å². The van der Waals surface area contributed by atoms with E-state index in [1.165, 1.54) is 0 Å². The maximum atomic E-state index is 9.19. The van der Waals surface area contributed by atoms with Crippen molar-refractivity contribution in [2.45, 2.75) is 26.0 Å². The van der Waals surface area contributed by atoms with E-state index in [1.807, 2.05) is 19.2 Å². The third-order valence-electron chi connectivity index (χ3n) is 2.44. The van der Waals surface area contributed by atoms with Crippen molar-refractivity contribution in [2.24, 2.45) is 0 Å². The lowest BCUT2D eigenvalue weighted by atomic mass is 10.2. The van der Waals surface area contributed by atoms with Crippen molar-refractivity contribution < 1.29 is 5.11 Å². The summed E-state index contributed by atoms with van der Waals surface area (Å²) < 4.78 is 0. The normalized spacial score (nSPS) is 13.1. The van der Waals surface area contributed by atoms with Crippen LogP contribution in [0.25, 0.3) is 0 Å². The summed E-state index contributed by atoms with van der Waals surface area (Å²) in [5.74, 6) is 0. The van der Waals surface area contributed by atoms with Gasteiger partial charge in [-0.15, -0.1) is 0 Å². The Kier molecular flexibility index (Phi) is 5.06. The molecule has 0 aliphatic heterocycles. The van der Waals surface area contributed by atoms with Crippen molar-refractivity contribution in [3.05, 3.63) is 28.8 Å². The van der Waals surface area contributed by atoms with E-state index in [0.29, 0.717) is 0 Å². The number of benzene rings is 1. The van der Waals surface area contributed by atoms with Crippen LogP contribution in [-0.2, 0) is 6.54 Å². The fourth-order valence-electron chi connectivity index (χ4n) is 1.49. The number of nitrogens with two attached hydrogens (primary N) is 1. The second kappa shape index (κ2) is 6.09. The molecule has 0 aliphatic carbocycles. The summed E-state index contributed by atoms with van der Waals surface area (Å²) in [6.45, 7) is 3.38. The second-order valence-electron chi connectivity index (χ2n) is 4.23. The first kappa shape index (κ1) is 13.3. The number of anilines is 1. The summed E-state index contributed by atoms with van der Waals surface area (Å²) in [7, 11) is 2.00. The average molecular weight is 243 g/mol. The van der Waals surface area contributed by atoms with Crippen molar-refractivity contribution in [2.75, 3.05) is 19.3 Å². The number of hydrogen-bond acceptors (Lipinski definition) is 3. The summed E-state index contributed by atoms with van der Waals surface area (Å²) >= 11 is 6.07. The molecule has 3 N–H and O–H groups in total. The van der Waals surface area contributed by atoms with Gasteiger partial charge in [0.1, 0.15) is 0 Å². The minimum Gasteiger partial charge on any atom is -0.399 e. The molecule has 1 rings (SSSR count). The van der Waals surface area contributed by atoms with Gasteiger partial charge in [-0.2, -0.15) is 0 Å². The zero-order chi connectivity index (χ0) is 12.1. The molecule has 0 spiro atoms. The number of rotatable bonds is 5. The van der Waals surface area contributed by atoms with Gasteiger partial charge in [-0.1, -0.05) is 11.6 Å². The van der Waals surface area contributed by atoms with Gasteiger partial charge in [0.05, 0.1) is 6.10 Å². The zero-order valence-electron chi connectivity index (χ0n) is 9.78. The first-order chi connectivity index (χ1) is 7.49. The van der Waals surface area contributed by atoms with Crippen LogP contribution in [0, 0.1) is 0 Å². The first-order valence-corrected chi connectivity index (χ1v) is 5.77. The average Bonchev–Trinajstić information content (AvgIpc) is 2.20. The van der Waals surface area contributed by atoms with Gasteiger partial charge in [-0.3, -0.25) is 0 Å². The Hall–Kier alpha value is -0.770. The molecule has 0 radical (unpaired) electrons. The number of nitrogens with zero attached hydrogens (tertiary/aromatic N) is 1. The van der Waals surface area contributed by atoms with E-state index in [-0.39, 0.29) is 6.10 Å². The summed E-state index contributed by atoms with van der Waals surface area (Å²) in [6, 6.07) is 5.50. The Bertz CT molecular complexity index is 342. The van der Waals surface area contributed by atoms with Gasteiger partial charge in [-0.05, 0) is 44.2 Å². The quantitative estimate of drug-likeness (QED) is 0.778. The lowest BCUT2D eigenvalue weighted by molar-refractivity contribution is 0.163. The number of hydrogen-bond donors (Lipinski definition) is 2. The predicted molar refractivity (Wildman–Crippen MR) is 68.5 cm³/mol. The Morgan fingerprint density at radius 2 is 2.19 bits per heavy atom. The molecule has 0 bridgehead atoms. The minimum atomic E-state index is -0.265. The van der Waals surface area contributed by atoms with Gasteiger partial charge >= 0.3 is 0 Å². The topological polar surface area (TPSA) is 49.5 Å². The molecule has 0 amide bonds. The fraction of sp³-hybridized carbons (Fsp3) is 0.500. The van der Waals surface area contributed by atoms with Crippen molar-refractivity contribution in [3.8, 4) is 0 Å². The highest BCUT2D eigenvalue weighted by atomic mass is 35.5. The molecular formula is C12H19ClN2O. The molecule has 90 valence electrons. The Morgan fingerprint density at radius 3 is 2.81 bits per heavy atom. The highest BCUT2D eigenvalue weighted by Gasteiger charge is 2.06. The number of nitrogen functional groups attached to an aromatic ring is 1. The van der Waals surface area contributed by atoms with Crippen LogP contribution in [-0.4, -0.2) is 29.7 Å². The second-order valence-corrected chi connectivity index (χ2v) is 4.63. The molecule has 0 aliphatic rings. The summed E-state index contributed by atoms with van der Waals surface area (Å²) in [6.07, 6.45) is 0.495. The largest absolute Gasteiger partial charge is 0.399 e. The molecule has 0 heterocycles. The molecule has 1 atom stereocenters. The molecule has 16 heavy (non-hydrogen) atoms. The predicted octanol–water partition coefficient (Wildman–Crippen LogP) is 2.12. The molecule has 3 nitrogen and oxygen atoms in total. The van der Waals surface area contributed by atoms with E-state index in [4.69, 9.17) is 17.3 Å². The lowest BCUT2D eigenvalue weighted by Gasteiger charge is -2.18. The van der Waals surface area contributed by atoms with Crippen molar-refractivity contribution in [1.82, 2.24) is 4.90 Å². The van der Waals surface area contributed by atoms with Gasteiger partial charge in [0.2, 0.25) is 0 Å². The summed E-state index contributed by atoms with van der Waals surface area (Å²) in [5, 5.41) is 9.93. The molecule has 0 saturated carbocycles. The van der Waals surface area contributed by atoms with Crippen molar-refractivity contribution in [3.63, 3.8) is 0 Å². The fourth-order valence-corrected chi connectivity index (χ4v) is 1.67. The zero-order valence-corrected chi connectivity index (χ0v) is 10.5. The third-order valence-corrected chi connectivity index (χ3v) is 2.81. The van der Waals surface area contributed by atoms with Crippen LogP contribution in [0.2, 0.25) is 5.02 Å². The van der Waals surface area contributed by atoms with Crippen LogP contribution >= 0.6 is 11.6 Å². The molecule has 1 aromatic rings. The van der Waals surface area contributed by atoms with Crippen LogP contribution in [0.5, 0.6) is 0 Å². The van der Waals surface area contributed by atoms with Gasteiger partial charge in [-0.25, -0.2) is 0 Å². The molecule has 0 aromatic heterocycles. The van der Waals surface area contributed by atoms with Gasteiger partial charge in [0, 0.05) is 23.8 Å².